The third-order valence-corrected chi connectivity index (χ3v) is 3.12. The predicted molar refractivity (Wildman–Crippen MR) is 68.5 cm³/mol. The normalized spacial score (nSPS) is 12.8. The number of aromatic nitrogens is 3. The van der Waals surface area contributed by atoms with Crippen molar-refractivity contribution in [3.8, 4) is 0 Å². The van der Waals surface area contributed by atoms with Crippen LogP contribution in [0.25, 0.3) is 5.52 Å². The molecule has 0 fully saturated rings. The first-order valence-corrected chi connectivity index (χ1v) is 5.89. The Hall–Kier alpha value is -2.38. The molecule has 5 nitrogen and oxygen atoms in total. The minimum atomic E-state index is -0.932. The first-order valence-electron chi connectivity index (χ1n) is 5.89. The summed E-state index contributed by atoms with van der Waals surface area (Å²) in [6.07, 6.45) is 6.38. The van der Waals surface area contributed by atoms with Crippen LogP contribution < -0.4 is 11.3 Å². The number of nitrogens with two attached hydrogens (primary N) is 1. The fourth-order valence-corrected chi connectivity index (χ4v) is 2.17. The van der Waals surface area contributed by atoms with E-state index in [-0.39, 0.29) is 5.56 Å². The monoisotopic (exact) mass is 275 g/mol. The summed E-state index contributed by atoms with van der Waals surface area (Å²) in [7, 11) is 0. The van der Waals surface area contributed by atoms with E-state index in [0.29, 0.717) is 11.1 Å². The molecule has 0 bridgehead atoms. The first-order chi connectivity index (χ1) is 9.72. The number of rotatable bonds is 3. The molecule has 0 saturated heterocycles. The van der Waals surface area contributed by atoms with Crippen molar-refractivity contribution in [1.29, 1.82) is 0 Å². The van der Waals surface area contributed by atoms with Gasteiger partial charge in [0.2, 0.25) is 0 Å². The van der Waals surface area contributed by atoms with Gasteiger partial charge in [-0.05, 0) is 6.07 Å². The van der Waals surface area contributed by atoms with E-state index in [1.165, 1.54) is 12.1 Å². The van der Waals surface area contributed by atoms with Crippen molar-refractivity contribution < 1.29 is 8.78 Å². The summed E-state index contributed by atoms with van der Waals surface area (Å²) < 4.78 is 28.9. The number of halogens is 2. The van der Waals surface area contributed by atoms with Gasteiger partial charge in [-0.2, -0.15) is 5.10 Å². The minimum Gasteiger partial charge on any atom is -0.271 e. The van der Waals surface area contributed by atoms with Crippen molar-refractivity contribution in [2.24, 2.45) is 5.84 Å². The number of hydrazine groups is 1. The highest BCUT2D eigenvalue weighted by molar-refractivity contribution is 5.55. The molecule has 0 aliphatic rings. The lowest BCUT2D eigenvalue weighted by atomic mass is 10.00. The Balaban J connectivity index is 2.17. The van der Waals surface area contributed by atoms with E-state index in [9.17, 15) is 8.78 Å². The number of hydrogen-bond donors (Lipinski definition) is 2. The molecule has 3 rings (SSSR count). The third kappa shape index (κ3) is 1.93. The predicted octanol–water partition coefficient (Wildman–Crippen LogP) is 1.56. The van der Waals surface area contributed by atoms with E-state index in [2.05, 4.69) is 15.5 Å². The molecule has 1 atom stereocenters. The van der Waals surface area contributed by atoms with Gasteiger partial charge in [-0.15, -0.1) is 0 Å². The second-order valence-corrected chi connectivity index (χ2v) is 4.25. The van der Waals surface area contributed by atoms with Crippen molar-refractivity contribution >= 4 is 5.52 Å². The van der Waals surface area contributed by atoms with Gasteiger partial charge in [-0.1, -0.05) is 12.1 Å². The Morgan fingerprint density at radius 1 is 1.20 bits per heavy atom. The fraction of sp³-hybridized carbons (Fsp3) is 0.0769. The quantitative estimate of drug-likeness (QED) is 0.562. The third-order valence-electron chi connectivity index (χ3n) is 3.12. The highest BCUT2D eigenvalue weighted by Gasteiger charge is 2.22. The Kier molecular flexibility index (Phi) is 3.13. The summed E-state index contributed by atoms with van der Waals surface area (Å²) >= 11 is 0. The van der Waals surface area contributed by atoms with Crippen LogP contribution in [0.15, 0.2) is 43.0 Å². The molecule has 3 aromatic rings. The van der Waals surface area contributed by atoms with Gasteiger partial charge in [0, 0.05) is 23.5 Å². The topological polar surface area (TPSA) is 68.2 Å². The van der Waals surface area contributed by atoms with E-state index in [0.717, 1.165) is 6.07 Å². The summed E-state index contributed by atoms with van der Waals surface area (Å²) in [5, 5.41) is 4.13. The number of fused-ring (bicyclic) bond motifs is 1. The zero-order valence-corrected chi connectivity index (χ0v) is 10.3. The Labute approximate surface area is 113 Å². The first kappa shape index (κ1) is 12.6. The van der Waals surface area contributed by atoms with Gasteiger partial charge >= 0.3 is 0 Å². The van der Waals surface area contributed by atoms with E-state index in [1.54, 1.807) is 29.3 Å². The van der Waals surface area contributed by atoms with Gasteiger partial charge < -0.3 is 0 Å². The van der Waals surface area contributed by atoms with Crippen LogP contribution in [0.1, 0.15) is 17.2 Å². The van der Waals surface area contributed by atoms with E-state index >= 15 is 0 Å². The maximum Gasteiger partial charge on any atom is 0.163 e. The molecule has 0 aliphatic heterocycles. The van der Waals surface area contributed by atoms with E-state index in [4.69, 9.17) is 5.84 Å². The van der Waals surface area contributed by atoms with Crippen LogP contribution in [0.5, 0.6) is 0 Å². The molecule has 2 heterocycles. The number of nitrogens with zero attached hydrogens (tertiary/aromatic N) is 3. The average molecular weight is 275 g/mol. The van der Waals surface area contributed by atoms with Crippen LogP contribution in [-0.2, 0) is 0 Å². The lowest BCUT2D eigenvalue weighted by Crippen LogP contribution is -2.29. The molecule has 1 aromatic carbocycles. The maximum atomic E-state index is 13.9. The number of benzene rings is 1. The second kappa shape index (κ2) is 4.95. The van der Waals surface area contributed by atoms with Gasteiger partial charge in [-0.3, -0.25) is 10.8 Å². The second-order valence-electron chi connectivity index (χ2n) is 4.25. The van der Waals surface area contributed by atoms with Crippen molar-refractivity contribution in [3.05, 3.63) is 65.7 Å². The van der Waals surface area contributed by atoms with Crippen molar-refractivity contribution in [2.45, 2.75) is 6.04 Å². The zero-order chi connectivity index (χ0) is 14.1. The van der Waals surface area contributed by atoms with Gasteiger partial charge in [0.15, 0.2) is 11.6 Å². The standard InChI is InChI=1S/C13H11F2N5/c14-10-3-1-2-8(12(10)15)13(19-16)9-6-18-20-5-4-17-7-11(9)20/h1-7,13,19H,16H2. The van der Waals surface area contributed by atoms with Gasteiger partial charge in [0.25, 0.3) is 0 Å². The van der Waals surface area contributed by atoms with Crippen LogP contribution in [0.2, 0.25) is 0 Å². The Morgan fingerprint density at radius 2 is 2.05 bits per heavy atom. The highest BCUT2D eigenvalue weighted by Crippen LogP contribution is 2.27. The Morgan fingerprint density at radius 3 is 2.85 bits per heavy atom. The largest absolute Gasteiger partial charge is 0.271 e. The van der Waals surface area contributed by atoms with Gasteiger partial charge in [0.1, 0.15) is 0 Å². The smallest absolute Gasteiger partial charge is 0.163 e. The van der Waals surface area contributed by atoms with Crippen LogP contribution in [0.4, 0.5) is 8.78 Å². The molecule has 0 radical (unpaired) electrons. The molecule has 20 heavy (non-hydrogen) atoms. The van der Waals surface area contributed by atoms with Crippen molar-refractivity contribution in [1.82, 2.24) is 20.0 Å². The molecule has 0 spiro atoms. The molecular weight excluding hydrogens is 264 g/mol. The molecule has 0 amide bonds. The lowest BCUT2D eigenvalue weighted by molar-refractivity contribution is 0.483. The minimum absolute atomic E-state index is 0.117. The summed E-state index contributed by atoms with van der Waals surface area (Å²) in [5.74, 6) is 3.66. The van der Waals surface area contributed by atoms with Crippen LogP contribution in [-0.4, -0.2) is 14.6 Å². The molecule has 7 heteroatoms. The van der Waals surface area contributed by atoms with E-state index in [1.807, 2.05) is 0 Å². The van der Waals surface area contributed by atoms with E-state index < -0.39 is 17.7 Å². The zero-order valence-electron chi connectivity index (χ0n) is 10.3. The highest BCUT2D eigenvalue weighted by atomic mass is 19.2. The molecule has 2 aromatic heterocycles. The molecule has 0 saturated carbocycles. The summed E-state index contributed by atoms with van der Waals surface area (Å²) in [4.78, 5) is 4.00. The number of hydrogen-bond acceptors (Lipinski definition) is 4. The summed E-state index contributed by atoms with van der Waals surface area (Å²) in [6.45, 7) is 0. The van der Waals surface area contributed by atoms with Crippen LogP contribution in [0, 0.1) is 11.6 Å². The number of nitrogens with one attached hydrogen (secondary N) is 1. The average Bonchev–Trinajstić information content (AvgIpc) is 2.88. The summed E-state index contributed by atoms with van der Waals surface area (Å²) in [6, 6.07) is 3.25. The lowest BCUT2D eigenvalue weighted by Gasteiger charge is -2.16. The summed E-state index contributed by atoms with van der Waals surface area (Å²) in [5.41, 5.74) is 3.89. The molecular formula is C13H11F2N5. The Bertz CT molecular complexity index is 755. The van der Waals surface area contributed by atoms with Crippen LogP contribution in [0.3, 0.4) is 0 Å². The maximum absolute atomic E-state index is 13.9. The molecule has 0 aliphatic carbocycles. The fourth-order valence-electron chi connectivity index (χ4n) is 2.17. The van der Waals surface area contributed by atoms with Crippen LogP contribution >= 0.6 is 0 Å². The van der Waals surface area contributed by atoms with Crippen molar-refractivity contribution in [3.63, 3.8) is 0 Å². The molecule has 102 valence electrons. The van der Waals surface area contributed by atoms with Gasteiger partial charge in [0.05, 0.1) is 24.0 Å². The molecule has 1 unspecified atom stereocenters. The van der Waals surface area contributed by atoms with Crippen molar-refractivity contribution in [2.75, 3.05) is 0 Å². The van der Waals surface area contributed by atoms with Gasteiger partial charge in [-0.25, -0.2) is 18.7 Å². The SMILES string of the molecule is NNC(c1cccc(F)c1F)c1cnn2ccncc12. The molecule has 3 N–H and O–H groups in total.